The standard InChI is InChI=1S/C16H18/c1-3-5-10-15-13(8-4-2)12-14-9-6-7-11-16(14)15/h4-11H,3,12H2,1-2H3/b8-4-,10-5-. The van der Waals surface area contributed by atoms with Crippen molar-refractivity contribution in [3.8, 4) is 0 Å². The number of hydrogen-bond donors (Lipinski definition) is 0. The molecule has 0 bridgehead atoms. The monoisotopic (exact) mass is 210 g/mol. The zero-order valence-electron chi connectivity index (χ0n) is 10.0. The molecule has 16 heavy (non-hydrogen) atoms. The average molecular weight is 210 g/mol. The maximum atomic E-state index is 2.27. The lowest BCUT2D eigenvalue weighted by molar-refractivity contribution is 1.22. The van der Waals surface area contributed by atoms with E-state index in [2.05, 4.69) is 62.4 Å². The summed E-state index contributed by atoms with van der Waals surface area (Å²) < 4.78 is 0. The predicted octanol–water partition coefficient (Wildman–Crippen LogP) is 4.54. The van der Waals surface area contributed by atoms with Gasteiger partial charge in [-0.1, -0.05) is 55.5 Å². The van der Waals surface area contributed by atoms with Crippen molar-refractivity contribution in [3.05, 3.63) is 65.3 Å². The second kappa shape index (κ2) is 4.98. The van der Waals surface area contributed by atoms with Crippen molar-refractivity contribution in [1.82, 2.24) is 0 Å². The summed E-state index contributed by atoms with van der Waals surface area (Å²) in [6.07, 6.45) is 11.0. The number of fused-ring (bicyclic) bond motifs is 1. The Morgan fingerprint density at radius 3 is 2.75 bits per heavy atom. The van der Waals surface area contributed by atoms with Crippen molar-refractivity contribution in [2.45, 2.75) is 26.7 Å². The zero-order chi connectivity index (χ0) is 11.4. The first-order chi connectivity index (χ1) is 7.86. The summed E-state index contributed by atoms with van der Waals surface area (Å²) in [5.41, 5.74) is 5.69. The van der Waals surface area contributed by atoms with Crippen LogP contribution in [0.5, 0.6) is 0 Å². The molecule has 0 amide bonds. The van der Waals surface area contributed by atoms with Gasteiger partial charge in [0.05, 0.1) is 0 Å². The number of hydrogen-bond acceptors (Lipinski definition) is 0. The SMILES string of the molecule is C/C=C\C1=C(/C=C\CC)c2ccccc2C1. The second-order valence-electron chi connectivity index (χ2n) is 4.08. The molecule has 0 fully saturated rings. The van der Waals surface area contributed by atoms with Crippen LogP contribution < -0.4 is 0 Å². The highest BCUT2D eigenvalue weighted by Crippen LogP contribution is 2.34. The molecule has 0 aliphatic heterocycles. The van der Waals surface area contributed by atoms with Crippen molar-refractivity contribution in [2.75, 3.05) is 0 Å². The average Bonchev–Trinajstić information content (AvgIpc) is 2.65. The van der Waals surface area contributed by atoms with Crippen LogP contribution in [0.15, 0.2) is 54.1 Å². The normalized spacial score (nSPS) is 15.4. The summed E-state index contributed by atoms with van der Waals surface area (Å²) in [4.78, 5) is 0. The van der Waals surface area contributed by atoms with Gasteiger partial charge in [0.25, 0.3) is 0 Å². The molecule has 0 nitrogen and oxygen atoms in total. The van der Waals surface area contributed by atoms with Gasteiger partial charge in [-0.15, -0.1) is 0 Å². The molecule has 0 saturated carbocycles. The molecule has 1 aromatic rings. The number of rotatable bonds is 3. The summed E-state index contributed by atoms with van der Waals surface area (Å²) in [5.74, 6) is 0. The van der Waals surface area contributed by atoms with Crippen molar-refractivity contribution >= 4 is 5.57 Å². The molecule has 1 aliphatic carbocycles. The van der Waals surface area contributed by atoms with Crippen LogP contribution in [0.2, 0.25) is 0 Å². The fraction of sp³-hybridized carbons (Fsp3) is 0.250. The Labute approximate surface area is 98.0 Å². The summed E-state index contributed by atoms with van der Waals surface area (Å²) >= 11 is 0. The van der Waals surface area contributed by atoms with Gasteiger partial charge in [-0.05, 0) is 42.0 Å². The van der Waals surface area contributed by atoms with Gasteiger partial charge in [0.1, 0.15) is 0 Å². The lowest BCUT2D eigenvalue weighted by atomic mass is 10.0. The van der Waals surface area contributed by atoms with Gasteiger partial charge in [0.2, 0.25) is 0 Å². The Balaban J connectivity index is 2.45. The molecule has 0 heteroatoms. The fourth-order valence-electron chi connectivity index (χ4n) is 2.19. The van der Waals surface area contributed by atoms with Crippen LogP contribution in [-0.4, -0.2) is 0 Å². The molecule has 0 saturated heterocycles. The van der Waals surface area contributed by atoms with Gasteiger partial charge in [-0.2, -0.15) is 0 Å². The summed E-state index contributed by atoms with van der Waals surface area (Å²) in [5, 5.41) is 0. The molecule has 0 spiro atoms. The highest BCUT2D eigenvalue weighted by Gasteiger charge is 2.16. The fourth-order valence-corrected chi connectivity index (χ4v) is 2.19. The zero-order valence-corrected chi connectivity index (χ0v) is 10.0. The van der Waals surface area contributed by atoms with Crippen LogP contribution in [0.3, 0.4) is 0 Å². The summed E-state index contributed by atoms with van der Waals surface area (Å²) in [6.45, 7) is 4.25. The van der Waals surface area contributed by atoms with E-state index in [1.807, 2.05) is 0 Å². The van der Waals surface area contributed by atoms with Crippen LogP contribution in [0.4, 0.5) is 0 Å². The predicted molar refractivity (Wildman–Crippen MR) is 71.3 cm³/mol. The number of benzene rings is 1. The Bertz CT molecular complexity index is 459. The van der Waals surface area contributed by atoms with E-state index in [4.69, 9.17) is 0 Å². The Morgan fingerprint density at radius 2 is 2.00 bits per heavy atom. The minimum atomic E-state index is 1.07. The molecule has 0 atom stereocenters. The van der Waals surface area contributed by atoms with Crippen molar-refractivity contribution in [2.24, 2.45) is 0 Å². The first-order valence-electron chi connectivity index (χ1n) is 5.97. The maximum absolute atomic E-state index is 2.27. The lowest BCUT2D eigenvalue weighted by Crippen LogP contribution is -1.80. The van der Waals surface area contributed by atoms with Crippen molar-refractivity contribution in [1.29, 1.82) is 0 Å². The first kappa shape index (κ1) is 10.9. The van der Waals surface area contributed by atoms with Crippen molar-refractivity contribution in [3.63, 3.8) is 0 Å². The molecule has 0 radical (unpaired) electrons. The highest BCUT2D eigenvalue weighted by atomic mass is 14.2. The molecule has 2 rings (SSSR count). The van der Waals surface area contributed by atoms with Gasteiger partial charge in [0, 0.05) is 0 Å². The molecule has 0 N–H and O–H groups in total. The largest absolute Gasteiger partial charge is 0.0874 e. The van der Waals surface area contributed by atoms with E-state index in [1.54, 1.807) is 0 Å². The van der Waals surface area contributed by atoms with E-state index in [0.717, 1.165) is 12.8 Å². The van der Waals surface area contributed by atoms with E-state index >= 15 is 0 Å². The molecular formula is C16H18. The molecule has 0 heterocycles. The van der Waals surface area contributed by atoms with E-state index in [0.29, 0.717) is 0 Å². The quantitative estimate of drug-likeness (QED) is 0.687. The third-order valence-corrected chi connectivity index (χ3v) is 2.92. The Kier molecular flexibility index (Phi) is 3.40. The van der Waals surface area contributed by atoms with E-state index in [9.17, 15) is 0 Å². The van der Waals surface area contributed by atoms with Crippen molar-refractivity contribution < 1.29 is 0 Å². The van der Waals surface area contributed by atoms with E-state index in [1.165, 1.54) is 22.3 Å². The Hall–Kier alpha value is -1.56. The highest BCUT2D eigenvalue weighted by molar-refractivity contribution is 5.84. The molecule has 0 aromatic heterocycles. The van der Waals surface area contributed by atoms with Crippen LogP contribution in [0.25, 0.3) is 5.57 Å². The van der Waals surface area contributed by atoms with Crippen LogP contribution in [-0.2, 0) is 6.42 Å². The minimum absolute atomic E-state index is 1.07. The van der Waals surface area contributed by atoms with Gasteiger partial charge >= 0.3 is 0 Å². The maximum Gasteiger partial charge on any atom is -0.00136 e. The van der Waals surface area contributed by atoms with Gasteiger partial charge in [-0.25, -0.2) is 0 Å². The van der Waals surface area contributed by atoms with Crippen LogP contribution in [0.1, 0.15) is 31.4 Å². The topological polar surface area (TPSA) is 0 Å². The molecule has 82 valence electrons. The first-order valence-corrected chi connectivity index (χ1v) is 5.97. The van der Waals surface area contributed by atoms with E-state index in [-0.39, 0.29) is 0 Å². The van der Waals surface area contributed by atoms with Crippen LogP contribution in [0, 0.1) is 0 Å². The molecule has 0 unspecified atom stereocenters. The minimum Gasteiger partial charge on any atom is -0.0874 e. The lowest BCUT2D eigenvalue weighted by Gasteiger charge is -2.00. The summed E-state index contributed by atoms with van der Waals surface area (Å²) in [7, 11) is 0. The Morgan fingerprint density at radius 1 is 1.19 bits per heavy atom. The summed E-state index contributed by atoms with van der Waals surface area (Å²) in [6, 6.07) is 8.70. The second-order valence-corrected chi connectivity index (χ2v) is 4.08. The molecule has 1 aliphatic rings. The van der Waals surface area contributed by atoms with E-state index < -0.39 is 0 Å². The third kappa shape index (κ3) is 2.01. The van der Waals surface area contributed by atoms with Crippen LogP contribution >= 0.6 is 0 Å². The van der Waals surface area contributed by atoms with Gasteiger partial charge in [-0.3, -0.25) is 0 Å². The smallest absolute Gasteiger partial charge is 0.00136 e. The number of allylic oxidation sites excluding steroid dienone is 6. The molecule has 1 aromatic carbocycles. The van der Waals surface area contributed by atoms with Gasteiger partial charge in [0.15, 0.2) is 0 Å². The third-order valence-electron chi connectivity index (χ3n) is 2.92. The molecular weight excluding hydrogens is 192 g/mol. The van der Waals surface area contributed by atoms with Gasteiger partial charge < -0.3 is 0 Å².